The molecule has 3 heteroatoms. The minimum Gasteiger partial charge on any atom is -0.385 e. The van der Waals surface area contributed by atoms with Gasteiger partial charge in [0.15, 0.2) is 0 Å². The van der Waals surface area contributed by atoms with Crippen molar-refractivity contribution in [2.75, 3.05) is 0 Å². The second-order valence-electron chi connectivity index (χ2n) is 7.41. The molecule has 2 nitrogen and oxygen atoms in total. The summed E-state index contributed by atoms with van der Waals surface area (Å²) < 4.78 is 0. The highest BCUT2D eigenvalue weighted by atomic mass is 28.3. The minimum atomic E-state index is -1.24. The van der Waals surface area contributed by atoms with Crippen LogP contribution in [-0.2, 0) is 5.60 Å². The smallest absolute Gasteiger partial charge is 0.0926 e. The Morgan fingerprint density at radius 1 is 1.05 bits per heavy atom. The number of benzene rings is 1. The van der Waals surface area contributed by atoms with Gasteiger partial charge >= 0.3 is 0 Å². The molecule has 0 aromatic heterocycles. The van der Waals surface area contributed by atoms with Crippen molar-refractivity contribution in [2.45, 2.75) is 63.0 Å². The van der Waals surface area contributed by atoms with Crippen LogP contribution in [0.15, 0.2) is 24.3 Å². The Morgan fingerprint density at radius 3 is 2.05 bits per heavy atom. The van der Waals surface area contributed by atoms with Gasteiger partial charge in [0.1, 0.15) is 0 Å². The molecule has 3 rings (SSSR count). The molecule has 2 aliphatic heterocycles. The van der Waals surface area contributed by atoms with Gasteiger partial charge in [0.25, 0.3) is 0 Å². The van der Waals surface area contributed by atoms with E-state index in [1.165, 1.54) is 18.0 Å². The lowest BCUT2D eigenvalue weighted by Crippen LogP contribution is -2.47. The first-order valence-electron chi connectivity index (χ1n) is 7.46. The molecule has 0 amide bonds. The van der Waals surface area contributed by atoms with Crippen LogP contribution in [0.1, 0.15) is 31.2 Å². The molecule has 19 heavy (non-hydrogen) atoms. The van der Waals surface area contributed by atoms with E-state index < -0.39 is 13.7 Å². The van der Waals surface area contributed by atoms with E-state index in [0.717, 1.165) is 18.4 Å². The van der Waals surface area contributed by atoms with Gasteiger partial charge in [-0.2, -0.15) is 0 Å². The van der Waals surface area contributed by atoms with Crippen LogP contribution in [0.4, 0.5) is 0 Å². The van der Waals surface area contributed by atoms with Crippen molar-refractivity contribution in [2.24, 2.45) is 0 Å². The van der Waals surface area contributed by atoms with Crippen LogP contribution >= 0.6 is 0 Å². The van der Waals surface area contributed by atoms with E-state index in [1.54, 1.807) is 0 Å². The van der Waals surface area contributed by atoms with Crippen molar-refractivity contribution < 1.29 is 5.11 Å². The standard InChI is InChI=1S/C16H25NOSi/c1-19(2,3)15-8-4-12(5-9-15)16(18)10-13-6-7-14(11-16)17-13/h4-5,8-9,13-14,17-18H,6-7,10-11H2,1-3H3. The van der Waals surface area contributed by atoms with Gasteiger partial charge in [0, 0.05) is 12.1 Å². The highest BCUT2D eigenvalue weighted by Gasteiger charge is 2.43. The molecular weight excluding hydrogens is 250 g/mol. The highest BCUT2D eigenvalue weighted by molar-refractivity contribution is 6.88. The first-order chi connectivity index (χ1) is 8.87. The Morgan fingerprint density at radius 2 is 1.58 bits per heavy atom. The fraction of sp³-hybridized carbons (Fsp3) is 0.625. The van der Waals surface area contributed by atoms with Gasteiger partial charge in [-0.3, -0.25) is 0 Å². The SMILES string of the molecule is C[Si](C)(C)c1ccc(C2(O)CC3CCC(C2)N3)cc1. The maximum atomic E-state index is 11.0. The minimum absolute atomic E-state index is 0.514. The van der Waals surface area contributed by atoms with Gasteiger partial charge in [0.05, 0.1) is 13.7 Å². The number of aliphatic hydroxyl groups is 1. The molecule has 0 saturated carbocycles. The molecule has 0 aliphatic carbocycles. The zero-order chi connectivity index (χ0) is 13.7. The van der Waals surface area contributed by atoms with Gasteiger partial charge in [0.2, 0.25) is 0 Å². The summed E-state index contributed by atoms with van der Waals surface area (Å²) in [6.07, 6.45) is 4.19. The molecule has 2 atom stereocenters. The number of hydrogen-bond donors (Lipinski definition) is 2. The molecule has 2 N–H and O–H groups in total. The summed E-state index contributed by atoms with van der Waals surface area (Å²) in [7, 11) is -1.24. The van der Waals surface area contributed by atoms with Gasteiger partial charge in [-0.05, 0) is 31.2 Å². The first-order valence-corrected chi connectivity index (χ1v) is 11.0. The maximum absolute atomic E-state index is 11.0. The third kappa shape index (κ3) is 2.51. The average Bonchev–Trinajstić information content (AvgIpc) is 2.68. The molecular formula is C16H25NOSi. The Hall–Kier alpha value is -0.643. The van der Waals surface area contributed by atoms with E-state index in [0.29, 0.717) is 12.1 Å². The molecule has 104 valence electrons. The molecule has 2 bridgehead atoms. The normalized spacial score (nSPS) is 34.5. The van der Waals surface area contributed by atoms with Gasteiger partial charge < -0.3 is 10.4 Å². The second kappa shape index (κ2) is 4.44. The molecule has 2 aliphatic rings. The van der Waals surface area contributed by atoms with E-state index in [9.17, 15) is 5.11 Å². The summed E-state index contributed by atoms with van der Waals surface area (Å²) in [6, 6.07) is 9.84. The molecule has 1 aromatic rings. The lowest BCUT2D eigenvalue weighted by Gasteiger charge is -2.37. The van der Waals surface area contributed by atoms with Crippen molar-refractivity contribution in [3.8, 4) is 0 Å². The van der Waals surface area contributed by atoms with Gasteiger partial charge in [-0.1, -0.05) is 49.1 Å². The zero-order valence-electron chi connectivity index (χ0n) is 12.2. The summed E-state index contributed by atoms with van der Waals surface area (Å²) in [5, 5.41) is 16.1. The van der Waals surface area contributed by atoms with Crippen LogP contribution in [0.25, 0.3) is 0 Å². The third-order valence-electron chi connectivity index (χ3n) is 4.79. The number of hydrogen-bond acceptors (Lipinski definition) is 2. The number of rotatable bonds is 2. The van der Waals surface area contributed by atoms with E-state index >= 15 is 0 Å². The monoisotopic (exact) mass is 275 g/mol. The van der Waals surface area contributed by atoms with Gasteiger partial charge in [-0.25, -0.2) is 0 Å². The predicted molar refractivity (Wildman–Crippen MR) is 82.5 cm³/mol. The summed E-state index contributed by atoms with van der Waals surface area (Å²) >= 11 is 0. The van der Waals surface area contributed by atoms with E-state index in [4.69, 9.17) is 0 Å². The third-order valence-corrected chi connectivity index (χ3v) is 6.86. The lowest BCUT2D eigenvalue weighted by atomic mass is 9.81. The fourth-order valence-electron chi connectivity index (χ4n) is 3.64. The Kier molecular flexibility index (Phi) is 3.12. The van der Waals surface area contributed by atoms with Crippen LogP contribution < -0.4 is 10.5 Å². The number of fused-ring (bicyclic) bond motifs is 2. The lowest BCUT2D eigenvalue weighted by molar-refractivity contribution is -0.0114. The van der Waals surface area contributed by atoms with Crippen molar-refractivity contribution >= 4 is 13.3 Å². The first kappa shape index (κ1) is 13.3. The second-order valence-corrected chi connectivity index (χ2v) is 12.5. The van der Waals surface area contributed by atoms with Crippen molar-refractivity contribution in [3.05, 3.63) is 29.8 Å². The van der Waals surface area contributed by atoms with Crippen LogP contribution in [0, 0.1) is 0 Å². The molecule has 2 saturated heterocycles. The maximum Gasteiger partial charge on any atom is 0.0926 e. The summed E-state index contributed by atoms with van der Waals surface area (Å²) in [5.41, 5.74) is 0.516. The quantitative estimate of drug-likeness (QED) is 0.812. The number of piperidine rings is 1. The molecule has 0 radical (unpaired) electrons. The number of nitrogens with one attached hydrogen (secondary N) is 1. The van der Waals surface area contributed by atoms with Crippen molar-refractivity contribution in [1.29, 1.82) is 0 Å². The topological polar surface area (TPSA) is 32.3 Å². The van der Waals surface area contributed by atoms with Crippen molar-refractivity contribution in [3.63, 3.8) is 0 Å². The zero-order valence-corrected chi connectivity index (χ0v) is 13.2. The van der Waals surface area contributed by atoms with Crippen LogP contribution in [0.3, 0.4) is 0 Å². The average molecular weight is 275 g/mol. The van der Waals surface area contributed by atoms with E-state index in [-0.39, 0.29) is 0 Å². The van der Waals surface area contributed by atoms with Crippen molar-refractivity contribution in [1.82, 2.24) is 5.32 Å². The summed E-state index contributed by atoms with van der Waals surface area (Å²) in [4.78, 5) is 0. The van der Waals surface area contributed by atoms with Crippen LogP contribution in [0.2, 0.25) is 19.6 Å². The Labute approximate surface area is 117 Å². The summed E-state index contributed by atoms with van der Waals surface area (Å²) in [6.45, 7) is 7.09. The summed E-state index contributed by atoms with van der Waals surface area (Å²) in [5.74, 6) is 0. The molecule has 2 unspecified atom stereocenters. The predicted octanol–water partition coefficient (Wildman–Crippen LogP) is 2.33. The van der Waals surface area contributed by atoms with E-state index in [1.807, 2.05) is 0 Å². The van der Waals surface area contributed by atoms with E-state index in [2.05, 4.69) is 49.2 Å². The fourth-order valence-corrected chi connectivity index (χ4v) is 4.81. The van der Waals surface area contributed by atoms with Crippen LogP contribution in [-0.4, -0.2) is 25.3 Å². The molecule has 2 heterocycles. The Bertz CT molecular complexity index is 451. The molecule has 0 spiro atoms. The van der Waals surface area contributed by atoms with Gasteiger partial charge in [-0.15, -0.1) is 0 Å². The largest absolute Gasteiger partial charge is 0.385 e. The highest BCUT2D eigenvalue weighted by Crippen LogP contribution is 2.40. The van der Waals surface area contributed by atoms with Crippen LogP contribution in [0.5, 0.6) is 0 Å². The molecule has 1 aromatic carbocycles. The molecule has 2 fully saturated rings. The Balaban J connectivity index is 1.86.